The van der Waals surface area contributed by atoms with Gasteiger partial charge in [-0.25, -0.2) is 0 Å². The Labute approximate surface area is 89.5 Å². The van der Waals surface area contributed by atoms with E-state index in [-0.39, 0.29) is 0 Å². The maximum atomic E-state index is 3.54. The number of fused-ring (bicyclic) bond motifs is 2. The molecule has 2 aliphatic rings. The van der Waals surface area contributed by atoms with Crippen LogP contribution in [0.5, 0.6) is 0 Å². The SMILES string of the molecule is Cc1cc2c(s1)CCCC21CCNC1. The Balaban J connectivity index is 2.09. The third-order valence-electron chi connectivity index (χ3n) is 3.81. The Morgan fingerprint density at radius 2 is 2.36 bits per heavy atom. The third kappa shape index (κ3) is 1.17. The highest BCUT2D eigenvalue weighted by Crippen LogP contribution is 2.44. The molecule has 1 N–H and O–H groups in total. The molecule has 1 spiro atoms. The van der Waals surface area contributed by atoms with Crippen LogP contribution in [-0.2, 0) is 11.8 Å². The molecule has 0 amide bonds. The molecule has 1 unspecified atom stereocenters. The van der Waals surface area contributed by atoms with Gasteiger partial charge in [-0.15, -0.1) is 11.3 Å². The van der Waals surface area contributed by atoms with Crippen LogP contribution in [0.2, 0.25) is 0 Å². The summed E-state index contributed by atoms with van der Waals surface area (Å²) in [4.78, 5) is 3.18. The predicted molar refractivity (Wildman–Crippen MR) is 61.2 cm³/mol. The number of hydrogen-bond donors (Lipinski definition) is 1. The smallest absolute Gasteiger partial charge is 0.0101 e. The highest BCUT2D eigenvalue weighted by atomic mass is 32.1. The highest BCUT2D eigenvalue weighted by Gasteiger charge is 2.39. The van der Waals surface area contributed by atoms with Crippen molar-refractivity contribution in [3.8, 4) is 0 Å². The Morgan fingerprint density at radius 3 is 3.14 bits per heavy atom. The summed E-state index contributed by atoms with van der Waals surface area (Å²) in [6.45, 7) is 4.68. The van der Waals surface area contributed by atoms with Crippen molar-refractivity contribution in [2.75, 3.05) is 13.1 Å². The van der Waals surface area contributed by atoms with Crippen molar-refractivity contribution in [1.82, 2.24) is 5.32 Å². The second-order valence-electron chi connectivity index (χ2n) is 4.75. The van der Waals surface area contributed by atoms with Crippen LogP contribution in [0.3, 0.4) is 0 Å². The summed E-state index contributed by atoms with van der Waals surface area (Å²) in [6, 6.07) is 2.45. The van der Waals surface area contributed by atoms with Crippen molar-refractivity contribution in [2.24, 2.45) is 0 Å². The van der Waals surface area contributed by atoms with Crippen molar-refractivity contribution in [3.05, 3.63) is 21.4 Å². The first-order valence-corrected chi connectivity index (χ1v) is 6.42. The molecule has 3 rings (SSSR count). The molecule has 1 aliphatic carbocycles. The van der Waals surface area contributed by atoms with Gasteiger partial charge in [0.05, 0.1) is 0 Å². The predicted octanol–water partition coefficient (Wildman–Crippen LogP) is 2.62. The van der Waals surface area contributed by atoms with Crippen LogP contribution in [0.1, 0.15) is 34.6 Å². The molecule has 1 fully saturated rings. The fourth-order valence-electron chi connectivity index (χ4n) is 3.11. The Bertz CT molecular complexity index is 347. The van der Waals surface area contributed by atoms with Crippen LogP contribution in [0.4, 0.5) is 0 Å². The van der Waals surface area contributed by atoms with Crippen LogP contribution in [0.25, 0.3) is 0 Å². The van der Waals surface area contributed by atoms with E-state index in [2.05, 4.69) is 18.3 Å². The van der Waals surface area contributed by atoms with Gasteiger partial charge in [0.25, 0.3) is 0 Å². The first kappa shape index (κ1) is 8.93. The van der Waals surface area contributed by atoms with E-state index in [0.29, 0.717) is 5.41 Å². The standard InChI is InChI=1S/C12H17NS/c1-9-7-10-11(14-9)3-2-4-12(10)5-6-13-8-12/h7,13H,2-6,8H2,1H3. The lowest BCUT2D eigenvalue weighted by molar-refractivity contribution is 0.397. The molecule has 0 bridgehead atoms. The maximum absolute atomic E-state index is 3.54. The summed E-state index contributed by atoms with van der Waals surface area (Å²) in [5, 5.41) is 3.54. The fraction of sp³-hybridized carbons (Fsp3) is 0.667. The van der Waals surface area contributed by atoms with Crippen molar-refractivity contribution in [3.63, 3.8) is 0 Å². The molecule has 2 heteroatoms. The monoisotopic (exact) mass is 207 g/mol. The van der Waals surface area contributed by atoms with Gasteiger partial charge in [-0.05, 0) is 50.8 Å². The van der Waals surface area contributed by atoms with E-state index >= 15 is 0 Å². The van der Waals surface area contributed by atoms with E-state index in [9.17, 15) is 0 Å². The number of nitrogens with one attached hydrogen (secondary N) is 1. The highest BCUT2D eigenvalue weighted by molar-refractivity contribution is 7.12. The Hall–Kier alpha value is -0.340. The minimum Gasteiger partial charge on any atom is -0.316 e. The lowest BCUT2D eigenvalue weighted by Gasteiger charge is -2.32. The molecule has 0 radical (unpaired) electrons. The quantitative estimate of drug-likeness (QED) is 0.689. The van der Waals surface area contributed by atoms with Crippen LogP contribution in [0.15, 0.2) is 6.07 Å². The molecule has 0 aromatic carbocycles. The maximum Gasteiger partial charge on any atom is 0.0101 e. The Kier molecular flexibility index (Phi) is 1.96. The van der Waals surface area contributed by atoms with E-state index in [4.69, 9.17) is 0 Å². The van der Waals surface area contributed by atoms with Gasteiger partial charge in [-0.3, -0.25) is 0 Å². The molecule has 1 nitrogen and oxygen atoms in total. The molecule has 1 aliphatic heterocycles. The molecule has 76 valence electrons. The topological polar surface area (TPSA) is 12.0 Å². The molecular weight excluding hydrogens is 190 g/mol. The summed E-state index contributed by atoms with van der Waals surface area (Å²) < 4.78 is 0. The summed E-state index contributed by atoms with van der Waals surface area (Å²) >= 11 is 2.02. The van der Waals surface area contributed by atoms with E-state index in [1.54, 1.807) is 10.4 Å². The summed E-state index contributed by atoms with van der Waals surface area (Å²) in [7, 11) is 0. The first-order chi connectivity index (χ1) is 6.80. The zero-order valence-corrected chi connectivity index (χ0v) is 9.54. The molecule has 1 saturated heterocycles. The normalized spacial score (nSPS) is 30.9. The van der Waals surface area contributed by atoms with Crippen molar-refractivity contribution in [2.45, 2.75) is 38.0 Å². The fourth-order valence-corrected chi connectivity index (χ4v) is 4.30. The largest absolute Gasteiger partial charge is 0.316 e. The molecule has 0 saturated carbocycles. The van der Waals surface area contributed by atoms with E-state index < -0.39 is 0 Å². The third-order valence-corrected chi connectivity index (χ3v) is 4.92. The molecule has 1 aromatic rings. The van der Waals surface area contributed by atoms with Gasteiger partial charge in [-0.2, -0.15) is 0 Å². The van der Waals surface area contributed by atoms with Gasteiger partial charge in [0.2, 0.25) is 0 Å². The summed E-state index contributed by atoms with van der Waals surface area (Å²) in [5.41, 5.74) is 2.22. The van der Waals surface area contributed by atoms with Gasteiger partial charge in [0.15, 0.2) is 0 Å². The van der Waals surface area contributed by atoms with Gasteiger partial charge < -0.3 is 5.32 Å². The van der Waals surface area contributed by atoms with Crippen LogP contribution in [0, 0.1) is 6.92 Å². The molecule has 1 aromatic heterocycles. The lowest BCUT2D eigenvalue weighted by Crippen LogP contribution is -2.32. The van der Waals surface area contributed by atoms with Crippen LogP contribution >= 0.6 is 11.3 Å². The van der Waals surface area contributed by atoms with Crippen molar-refractivity contribution < 1.29 is 0 Å². The van der Waals surface area contributed by atoms with Gasteiger partial charge in [0, 0.05) is 21.7 Å². The molecule has 2 heterocycles. The number of rotatable bonds is 0. The molecule has 14 heavy (non-hydrogen) atoms. The lowest BCUT2D eigenvalue weighted by atomic mass is 9.72. The van der Waals surface area contributed by atoms with Crippen LogP contribution < -0.4 is 5.32 Å². The van der Waals surface area contributed by atoms with Gasteiger partial charge in [0.1, 0.15) is 0 Å². The second-order valence-corrected chi connectivity index (χ2v) is 6.10. The average Bonchev–Trinajstić information content (AvgIpc) is 2.74. The zero-order valence-electron chi connectivity index (χ0n) is 8.73. The van der Waals surface area contributed by atoms with Crippen LogP contribution in [-0.4, -0.2) is 13.1 Å². The number of aryl methyl sites for hydroxylation is 2. The van der Waals surface area contributed by atoms with E-state index in [1.165, 1.54) is 43.6 Å². The van der Waals surface area contributed by atoms with Crippen molar-refractivity contribution in [1.29, 1.82) is 0 Å². The average molecular weight is 207 g/mol. The zero-order chi connectivity index (χ0) is 9.60. The molecular formula is C12H17NS. The summed E-state index contributed by atoms with van der Waals surface area (Å²) in [6.07, 6.45) is 5.49. The van der Waals surface area contributed by atoms with E-state index in [0.717, 1.165) is 0 Å². The van der Waals surface area contributed by atoms with Gasteiger partial charge in [-0.1, -0.05) is 0 Å². The number of thiophene rings is 1. The molecule has 1 atom stereocenters. The number of hydrogen-bond acceptors (Lipinski definition) is 2. The minimum absolute atomic E-state index is 0.526. The first-order valence-electron chi connectivity index (χ1n) is 5.61. The second kappa shape index (κ2) is 3.07. The Morgan fingerprint density at radius 1 is 1.43 bits per heavy atom. The minimum atomic E-state index is 0.526. The van der Waals surface area contributed by atoms with E-state index in [1.807, 2.05) is 11.3 Å². The summed E-state index contributed by atoms with van der Waals surface area (Å²) in [5.74, 6) is 0. The van der Waals surface area contributed by atoms with Gasteiger partial charge >= 0.3 is 0 Å². The van der Waals surface area contributed by atoms with Crippen molar-refractivity contribution >= 4 is 11.3 Å².